The monoisotopic (exact) mass is 587 g/mol. The van der Waals surface area contributed by atoms with Crippen LogP contribution in [-0.2, 0) is 11.3 Å². The quantitative estimate of drug-likeness (QED) is 0.352. The number of carbonyl (C=O) groups is 3. The van der Waals surface area contributed by atoms with Crippen LogP contribution >= 0.6 is 11.6 Å². The van der Waals surface area contributed by atoms with E-state index >= 15 is 0 Å². The van der Waals surface area contributed by atoms with Gasteiger partial charge in [0, 0.05) is 41.8 Å². The van der Waals surface area contributed by atoms with Gasteiger partial charge < -0.3 is 19.9 Å². The summed E-state index contributed by atoms with van der Waals surface area (Å²) < 4.78 is 5.21. The summed E-state index contributed by atoms with van der Waals surface area (Å²) in [4.78, 5) is 44.5. The van der Waals surface area contributed by atoms with E-state index in [1.54, 1.807) is 36.3 Å². The van der Waals surface area contributed by atoms with E-state index in [0.717, 1.165) is 44.1 Å². The molecule has 2 fully saturated rings. The van der Waals surface area contributed by atoms with Crippen LogP contribution in [0.4, 0.5) is 0 Å². The third kappa shape index (κ3) is 7.13. The highest BCUT2D eigenvalue weighted by molar-refractivity contribution is 6.30. The van der Waals surface area contributed by atoms with E-state index in [-0.39, 0.29) is 35.7 Å². The van der Waals surface area contributed by atoms with E-state index in [0.29, 0.717) is 41.5 Å². The Morgan fingerprint density at radius 3 is 2.31 bits per heavy atom. The van der Waals surface area contributed by atoms with Crippen molar-refractivity contribution in [3.8, 4) is 5.75 Å². The van der Waals surface area contributed by atoms with Crippen molar-refractivity contribution in [3.63, 3.8) is 0 Å². The summed E-state index contributed by atoms with van der Waals surface area (Å²) >= 11 is 6.13. The summed E-state index contributed by atoms with van der Waals surface area (Å²) in [6.45, 7) is 1.43. The molecular weight excluding hydrogens is 550 g/mol. The second kappa shape index (κ2) is 13.9. The molecule has 1 aliphatic carbocycles. The van der Waals surface area contributed by atoms with Gasteiger partial charge in [-0.05, 0) is 79.8 Å². The fourth-order valence-electron chi connectivity index (χ4n) is 6.12. The van der Waals surface area contributed by atoms with E-state index in [9.17, 15) is 14.4 Å². The van der Waals surface area contributed by atoms with E-state index in [4.69, 9.17) is 16.3 Å². The average molecular weight is 588 g/mol. The SMILES string of the molecule is COc1ccc(C(=O)N2CCCC(C(=O)NC3CCCC[C@H]3N(Cc3ccc(Cl)cc3)C(=O)c3ccccc3)C2)cc1. The molecule has 42 heavy (non-hydrogen) atoms. The number of ether oxygens (including phenoxy) is 1. The third-order valence-corrected chi connectivity index (χ3v) is 8.67. The Kier molecular flexibility index (Phi) is 9.80. The molecule has 2 unspecified atom stereocenters. The Hall–Kier alpha value is -3.84. The Bertz CT molecular complexity index is 1360. The van der Waals surface area contributed by atoms with Crippen molar-refractivity contribution in [2.45, 2.75) is 57.2 Å². The van der Waals surface area contributed by atoms with Crippen molar-refractivity contribution in [2.24, 2.45) is 5.92 Å². The maximum Gasteiger partial charge on any atom is 0.254 e. The molecule has 1 N–H and O–H groups in total. The fraction of sp³-hybridized carbons (Fsp3) is 0.382. The zero-order valence-corrected chi connectivity index (χ0v) is 24.8. The van der Waals surface area contributed by atoms with Gasteiger partial charge in [-0.25, -0.2) is 0 Å². The van der Waals surface area contributed by atoms with Gasteiger partial charge in [0.2, 0.25) is 5.91 Å². The van der Waals surface area contributed by atoms with Crippen molar-refractivity contribution >= 4 is 29.3 Å². The lowest BCUT2D eigenvalue weighted by molar-refractivity contribution is -0.127. The standard InChI is InChI=1S/C34H38ClN3O4/c1-42-29-19-15-26(16-20-29)33(40)37-21-7-10-27(23-37)32(39)36-30-11-5-6-12-31(30)38(22-24-13-17-28(35)18-14-24)34(41)25-8-3-2-4-9-25/h2-4,8-9,13-20,27,30-31H,5-7,10-12,21-23H2,1H3,(H,36,39)/t27?,30?,31-/m1/s1. The number of hydrogen-bond donors (Lipinski definition) is 1. The number of nitrogens with zero attached hydrogens (tertiary/aromatic N) is 2. The van der Waals surface area contributed by atoms with Gasteiger partial charge in [0.25, 0.3) is 11.8 Å². The van der Waals surface area contributed by atoms with Crippen molar-refractivity contribution < 1.29 is 19.1 Å². The average Bonchev–Trinajstić information content (AvgIpc) is 3.04. The van der Waals surface area contributed by atoms with Crippen LogP contribution < -0.4 is 10.1 Å². The highest BCUT2D eigenvalue weighted by Crippen LogP contribution is 2.28. The van der Waals surface area contributed by atoms with Crippen molar-refractivity contribution in [2.75, 3.05) is 20.2 Å². The van der Waals surface area contributed by atoms with Crippen LogP contribution in [0.15, 0.2) is 78.9 Å². The number of carbonyl (C=O) groups excluding carboxylic acids is 3. The van der Waals surface area contributed by atoms with Crippen LogP contribution in [0, 0.1) is 5.92 Å². The largest absolute Gasteiger partial charge is 0.497 e. The number of likely N-dealkylation sites (tertiary alicyclic amines) is 1. The van der Waals surface area contributed by atoms with Gasteiger partial charge in [-0.3, -0.25) is 14.4 Å². The molecule has 0 spiro atoms. The first-order chi connectivity index (χ1) is 20.4. The normalized spacial score (nSPS) is 20.4. The zero-order chi connectivity index (χ0) is 29.5. The fourth-order valence-corrected chi connectivity index (χ4v) is 6.24. The number of halogens is 1. The Morgan fingerprint density at radius 1 is 0.881 bits per heavy atom. The molecule has 3 atom stereocenters. The molecule has 3 amide bonds. The van der Waals surface area contributed by atoms with Gasteiger partial charge in [-0.2, -0.15) is 0 Å². The number of nitrogens with one attached hydrogen (secondary N) is 1. The molecule has 0 radical (unpaired) electrons. The summed E-state index contributed by atoms with van der Waals surface area (Å²) in [6, 6.07) is 23.6. The molecule has 2 aliphatic rings. The predicted octanol–water partition coefficient (Wildman–Crippen LogP) is 5.97. The van der Waals surface area contributed by atoms with E-state index < -0.39 is 0 Å². The molecule has 1 saturated carbocycles. The molecule has 220 valence electrons. The summed E-state index contributed by atoms with van der Waals surface area (Å²) in [5.41, 5.74) is 2.20. The molecule has 8 heteroatoms. The maximum absolute atomic E-state index is 13.9. The maximum atomic E-state index is 13.9. The number of rotatable bonds is 8. The summed E-state index contributed by atoms with van der Waals surface area (Å²) in [5.74, 6) is 0.232. The lowest BCUT2D eigenvalue weighted by Crippen LogP contribution is -2.56. The van der Waals surface area contributed by atoms with Crippen LogP contribution in [0.2, 0.25) is 5.02 Å². The van der Waals surface area contributed by atoms with Crippen LogP contribution in [0.1, 0.15) is 64.8 Å². The molecule has 1 aliphatic heterocycles. The number of amides is 3. The van der Waals surface area contributed by atoms with Gasteiger partial charge in [-0.15, -0.1) is 0 Å². The topological polar surface area (TPSA) is 79.0 Å². The predicted molar refractivity (Wildman–Crippen MR) is 164 cm³/mol. The van der Waals surface area contributed by atoms with Gasteiger partial charge >= 0.3 is 0 Å². The molecular formula is C34H38ClN3O4. The van der Waals surface area contributed by atoms with E-state index in [1.165, 1.54) is 0 Å². The Labute approximate surface area is 252 Å². The van der Waals surface area contributed by atoms with Crippen molar-refractivity contribution in [1.29, 1.82) is 0 Å². The van der Waals surface area contributed by atoms with Crippen LogP contribution in [0.5, 0.6) is 5.75 Å². The van der Waals surface area contributed by atoms with Gasteiger partial charge in [0.05, 0.1) is 19.1 Å². The minimum Gasteiger partial charge on any atom is -0.497 e. The highest BCUT2D eigenvalue weighted by Gasteiger charge is 2.37. The zero-order valence-electron chi connectivity index (χ0n) is 24.0. The first kappa shape index (κ1) is 29.6. The third-order valence-electron chi connectivity index (χ3n) is 8.42. The molecule has 7 nitrogen and oxygen atoms in total. The number of hydrogen-bond acceptors (Lipinski definition) is 4. The first-order valence-electron chi connectivity index (χ1n) is 14.8. The van der Waals surface area contributed by atoms with Crippen molar-refractivity contribution in [3.05, 3.63) is 101 Å². The molecule has 1 heterocycles. The number of methoxy groups -OCH3 is 1. The number of benzene rings is 3. The second-order valence-corrected chi connectivity index (χ2v) is 11.6. The van der Waals surface area contributed by atoms with Gasteiger partial charge in [0.1, 0.15) is 5.75 Å². The van der Waals surface area contributed by atoms with Crippen LogP contribution in [0.3, 0.4) is 0 Å². The highest BCUT2D eigenvalue weighted by atomic mass is 35.5. The Morgan fingerprint density at radius 2 is 1.60 bits per heavy atom. The minimum atomic E-state index is -0.293. The second-order valence-electron chi connectivity index (χ2n) is 11.2. The lowest BCUT2D eigenvalue weighted by Gasteiger charge is -2.41. The van der Waals surface area contributed by atoms with Crippen LogP contribution in [0.25, 0.3) is 0 Å². The molecule has 0 aromatic heterocycles. The summed E-state index contributed by atoms with van der Waals surface area (Å²) in [5, 5.41) is 3.97. The lowest BCUT2D eigenvalue weighted by atomic mass is 9.87. The molecule has 5 rings (SSSR count). The molecule has 1 saturated heterocycles. The summed E-state index contributed by atoms with van der Waals surface area (Å²) in [6.07, 6.45) is 5.09. The van der Waals surface area contributed by atoms with E-state index in [1.807, 2.05) is 59.5 Å². The van der Waals surface area contributed by atoms with Crippen molar-refractivity contribution in [1.82, 2.24) is 15.1 Å². The smallest absolute Gasteiger partial charge is 0.254 e. The molecule has 3 aromatic carbocycles. The van der Waals surface area contributed by atoms with Gasteiger partial charge in [-0.1, -0.05) is 54.8 Å². The van der Waals surface area contributed by atoms with Gasteiger partial charge in [0.15, 0.2) is 0 Å². The summed E-state index contributed by atoms with van der Waals surface area (Å²) in [7, 11) is 1.59. The van der Waals surface area contributed by atoms with E-state index in [2.05, 4.69) is 5.32 Å². The Balaban J connectivity index is 1.31. The minimum absolute atomic E-state index is 0.0438. The first-order valence-corrected chi connectivity index (χ1v) is 15.1. The molecule has 0 bridgehead atoms. The molecule has 3 aromatic rings. The van der Waals surface area contributed by atoms with Crippen LogP contribution in [-0.4, -0.2) is 59.8 Å². The number of piperidine rings is 1.